The Hall–Kier alpha value is -1.17. The molecule has 0 aliphatic rings. The van der Waals surface area contributed by atoms with Crippen molar-refractivity contribution >= 4 is 71.8 Å². The van der Waals surface area contributed by atoms with Crippen molar-refractivity contribution in [1.29, 1.82) is 5.41 Å². The van der Waals surface area contributed by atoms with E-state index in [0.717, 1.165) is 26.8 Å². The molecule has 0 fully saturated rings. The number of thioether (sulfide) groups is 1. The number of aryl methyl sites for hydroxylation is 2. The van der Waals surface area contributed by atoms with Crippen molar-refractivity contribution in [2.45, 2.75) is 13.8 Å². The number of hydrogen-bond donors (Lipinski definition) is 3. The SMILES string of the molecule is CNC(=S)SC.Cc1ccccc1N(C(=N)N)c1ccccc1C.[BiH3]. The van der Waals surface area contributed by atoms with Crippen molar-refractivity contribution in [3.8, 4) is 0 Å². The van der Waals surface area contributed by atoms with Crippen LogP contribution in [0.15, 0.2) is 48.5 Å². The van der Waals surface area contributed by atoms with Gasteiger partial charge in [-0.3, -0.25) is 10.3 Å². The fourth-order valence-corrected chi connectivity index (χ4v) is 2.32. The van der Waals surface area contributed by atoms with Gasteiger partial charge in [-0.25, -0.2) is 0 Å². The number of thiocarbonyl (C=S) groups is 1. The Balaban J connectivity index is 0.000000715. The van der Waals surface area contributed by atoms with Crippen LogP contribution < -0.4 is 16.0 Å². The summed E-state index contributed by atoms with van der Waals surface area (Å²) in [6, 6.07) is 15.9. The second-order valence-corrected chi connectivity index (χ2v) is 6.52. The molecule has 0 atom stereocenters. The molecular formula is C18H27BiN4S2. The summed E-state index contributed by atoms with van der Waals surface area (Å²) in [5, 5.41) is 10.6. The summed E-state index contributed by atoms with van der Waals surface area (Å²) in [5.41, 5.74) is 9.82. The van der Waals surface area contributed by atoms with Gasteiger partial charge in [-0.2, -0.15) is 0 Å². The summed E-state index contributed by atoms with van der Waals surface area (Å²) in [4.78, 5) is 1.77. The topological polar surface area (TPSA) is 65.1 Å². The van der Waals surface area contributed by atoms with E-state index in [0.29, 0.717) is 0 Å². The van der Waals surface area contributed by atoms with Crippen molar-refractivity contribution in [3.63, 3.8) is 0 Å². The van der Waals surface area contributed by atoms with E-state index < -0.39 is 0 Å². The van der Waals surface area contributed by atoms with E-state index in [1.807, 2.05) is 75.7 Å². The first-order valence-corrected chi connectivity index (χ1v) is 9.06. The van der Waals surface area contributed by atoms with Gasteiger partial charge in [0.15, 0.2) is 5.96 Å². The molecule has 0 aromatic heterocycles. The Morgan fingerprint density at radius 2 is 1.44 bits per heavy atom. The zero-order chi connectivity index (χ0) is 18.1. The maximum absolute atomic E-state index is 7.82. The third-order valence-electron chi connectivity index (χ3n) is 3.34. The fourth-order valence-electron chi connectivity index (χ4n) is 2.12. The number of rotatable bonds is 2. The predicted molar refractivity (Wildman–Crippen MR) is 122 cm³/mol. The molecular weight excluding hydrogens is 545 g/mol. The van der Waals surface area contributed by atoms with E-state index in [2.05, 4.69) is 5.32 Å². The third-order valence-corrected chi connectivity index (χ3v) is 4.62. The molecule has 2 aromatic rings. The van der Waals surface area contributed by atoms with Crippen LogP contribution in [0, 0.1) is 19.3 Å². The van der Waals surface area contributed by atoms with Crippen LogP contribution in [-0.4, -0.2) is 49.8 Å². The van der Waals surface area contributed by atoms with Crippen LogP contribution in [0.1, 0.15) is 11.1 Å². The Morgan fingerprint density at radius 1 is 1.04 bits per heavy atom. The molecule has 7 heteroatoms. The molecule has 0 amide bonds. The van der Waals surface area contributed by atoms with Gasteiger partial charge in [-0.05, 0) is 43.4 Å². The zero-order valence-corrected chi connectivity index (χ0v) is 22.3. The molecule has 0 radical (unpaired) electrons. The van der Waals surface area contributed by atoms with Crippen molar-refractivity contribution in [2.24, 2.45) is 5.73 Å². The molecule has 0 heterocycles. The molecule has 0 bridgehead atoms. The monoisotopic (exact) mass is 572 g/mol. The summed E-state index contributed by atoms with van der Waals surface area (Å²) < 4.78 is 0.843. The van der Waals surface area contributed by atoms with Crippen molar-refractivity contribution < 1.29 is 0 Å². The van der Waals surface area contributed by atoms with Crippen molar-refractivity contribution in [3.05, 3.63) is 59.7 Å². The first kappa shape index (κ1) is 23.8. The molecule has 0 spiro atoms. The van der Waals surface area contributed by atoms with E-state index >= 15 is 0 Å². The van der Waals surface area contributed by atoms with Crippen molar-refractivity contribution in [1.82, 2.24) is 5.32 Å². The van der Waals surface area contributed by atoms with Gasteiger partial charge in [0.25, 0.3) is 0 Å². The number of guanidine groups is 1. The molecule has 136 valence electrons. The Labute approximate surface area is 179 Å². The number of para-hydroxylation sites is 2. The van der Waals surface area contributed by atoms with Gasteiger partial charge in [-0.15, -0.1) is 11.8 Å². The van der Waals surface area contributed by atoms with E-state index in [4.69, 9.17) is 23.4 Å². The number of nitrogens with one attached hydrogen (secondary N) is 2. The Bertz CT molecular complexity index is 655. The summed E-state index contributed by atoms with van der Waals surface area (Å²) >= 11 is 6.25. The van der Waals surface area contributed by atoms with Crippen molar-refractivity contribution in [2.75, 3.05) is 18.2 Å². The van der Waals surface area contributed by atoms with Crippen LogP contribution in [-0.2, 0) is 0 Å². The first-order valence-electron chi connectivity index (χ1n) is 7.43. The maximum atomic E-state index is 7.82. The molecule has 0 saturated heterocycles. The number of anilines is 2. The summed E-state index contributed by atoms with van der Waals surface area (Å²) in [7, 11) is 1.82. The third kappa shape index (κ3) is 7.30. The second-order valence-electron chi connectivity index (χ2n) is 5.04. The minimum absolute atomic E-state index is 0. The number of hydrogen-bond acceptors (Lipinski definition) is 3. The average molecular weight is 573 g/mol. The van der Waals surface area contributed by atoms with Crippen LogP contribution in [0.4, 0.5) is 11.4 Å². The van der Waals surface area contributed by atoms with E-state index in [1.54, 1.807) is 16.7 Å². The number of nitrogens with two attached hydrogens (primary N) is 1. The normalized spacial score (nSPS) is 9.12. The molecule has 25 heavy (non-hydrogen) atoms. The zero-order valence-electron chi connectivity index (χ0n) is 15.2. The van der Waals surface area contributed by atoms with Gasteiger partial charge in [0.05, 0.1) is 11.4 Å². The van der Waals surface area contributed by atoms with Crippen LogP contribution in [0.25, 0.3) is 0 Å². The van der Waals surface area contributed by atoms with Crippen LogP contribution in [0.3, 0.4) is 0 Å². The summed E-state index contributed by atoms with van der Waals surface area (Å²) in [6.07, 6.45) is 1.94. The Morgan fingerprint density at radius 3 is 1.68 bits per heavy atom. The van der Waals surface area contributed by atoms with Gasteiger partial charge in [0, 0.05) is 7.05 Å². The van der Waals surface area contributed by atoms with Gasteiger partial charge in [0.1, 0.15) is 4.32 Å². The number of benzene rings is 2. The van der Waals surface area contributed by atoms with Gasteiger partial charge >= 0.3 is 26.2 Å². The quantitative estimate of drug-likeness (QED) is 0.224. The van der Waals surface area contributed by atoms with Crippen LogP contribution in [0.5, 0.6) is 0 Å². The predicted octanol–water partition coefficient (Wildman–Crippen LogP) is 3.00. The summed E-state index contributed by atoms with van der Waals surface area (Å²) in [6.45, 7) is 4.03. The summed E-state index contributed by atoms with van der Waals surface area (Å²) in [5.74, 6) is 0.0265. The molecule has 0 aliphatic carbocycles. The van der Waals surface area contributed by atoms with Gasteiger partial charge < -0.3 is 11.1 Å². The molecule has 0 aliphatic heterocycles. The molecule has 4 N–H and O–H groups in total. The van der Waals surface area contributed by atoms with Gasteiger partial charge in [-0.1, -0.05) is 48.6 Å². The van der Waals surface area contributed by atoms with Gasteiger partial charge in [0.2, 0.25) is 0 Å². The number of nitrogens with zero attached hydrogens (tertiary/aromatic N) is 1. The minimum atomic E-state index is 0. The fraction of sp³-hybridized carbons (Fsp3) is 0.222. The molecule has 2 rings (SSSR count). The standard InChI is InChI=1S/C15H17N3.C3H7NS2.Bi.3H/c1-11-7-3-5-9-13(11)18(15(16)17)14-10-6-4-8-12(14)2;1-4-3(5)6-2;;;;/h3-10H,1-2H3,(H3,16,17);1-2H3,(H,4,5);;;;. The Kier molecular flexibility index (Phi) is 11.7. The molecule has 4 nitrogen and oxygen atoms in total. The molecule has 2 aromatic carbocycles. The van der Waals surface area contributed by atoms with Crippen LogP contribution >= 0.6 is 24.0 Å². The first-order chi connectivity index (χ1) is 11.4. The molecule has 0 saturated carbocycles. The molecule has 0 unspecified atom stereocenters. The van der Waals surface area contributed by atoms with E-state index in [-0.39, 0.29) is 32.2 Å². The van der Waals surface area contributed by atoms with Crippen LogP contribution in [0.2, 0.25) is 0 Å². The second kappa shape index (κ2) is 12.2. The van der Waals surface area contributed by atoms with E-state index in [1.165, 1.54) is 0 Å². The average Bonchev–Trinajstić information content (AvgIpc) is 2.58. The van der Waals surface area contributed by atoms with E-state index in [9.17, 15) is 0 Å².